The summed E-state index contributed by atoms with van der Waals surface area (Å²) in [5.41, 5.74) is 20.4. The summed E-state index contributed by atoms with van der Waals surface area (Å²) in [6.07, 6.45) is 0.522. The van der Waals surface area contributed by atoms with Gasteiger partial charge in [0.2, 0.25) is 17.7 Å². The molecule has 17 heteroatoms. The summed E-state index contributed by atoms with van der Waals surface area (Å²) in [7, 11) is 0. The van der Waals surface area contributed by atoms with Gasteiger partial charge in [-0.15, -0.1) is 0 Å². The monoisotopic (exact) mass is 496 g/mol. The average molecular weight is 496 g/mol. The second-order valence-corrected chi connectivity index (χ2v) is 7.35. The Morgan fingerprint density at radius 1 is 1.06 bits per heavy atom. The highest BCUT2D eigenvalue weighted by Crippen LogP contribution is 2.28. The third-order valence-electron chi connectivity index (χ3n) is 4.60. The van der Waals surface area contributed by atoms with E-state index in [1.54, 1.807) is 0 Å². The molecule has 0 spiro atoms. The van der Waals surface area contributed by atoms with Crippen molar-refractivity contribution in [2.24, 2.45) is 27.9 Å². The number of nitrogens with zero attached hydrogens (tertiary/aromatic N) is 3. The molecule has 0 radical (unpaired) electrons. The molecule has 0 bridgehead atoms. The van der Waals surface area contributed by atoms with E-state index in [2.05, 4.69) is 20.9 Å². The fraction of sp³-hybridized carbons (Fsp3) is 0.444. The van der Waals surface area contributed by atoms with E-state index in [-0.39, 0.29) is 31.2 Å². The van der Waals surface area contributed by atoms with Gasteiger partial charge in [0.1, 0.15) is 23.8 Å². The van der Waals surface area contributed by atoms with Crippen LogP contribution in [0.4, 0.5) is 17.1 Å². The number of amides is 3. The molecule has 192 valence electrons. The number of hydrogen-bond acceptors (Lipinski definition) is 10. The highest BCUT2D eigenvalue weighted by molar-refractivity contribution is 5.92. The first-order valence-corrected chi connectivity index (χ1v) is 10.2. The normalized spacial score (nSPS) is 13.0. The predicted molar refractivity (Wildman–Crippen MR) is 125 cm³/mol. The first-order valence-electron chi connectivity index (χ1n) is 10.2. The maximum atomic E-state index is 12.4. The summed E-state index contributed by atoms with van der Waals surface area (Å²) in [6.45, 7) is 1.29. The molecule has 35 heavy (non-hydrogen) atoms. The lowest BCUT2D eigenvalue weighted by Gasteiger charge is -2.21. The summed E-state index contributed by atoms with van der Waals surface area (Å²) in [4.78, 5) is 60.4. The van der Waals surface area contributed by atoms with Crippen LogP contribution in [0.15, 0.2) is 23.2 Å². The van der Waals surface area contributed by atoms with Gasteiger partial charge in [0.15, 0.2) is 5.96 Å². The van der Waals surface area contributed by atoms with Gasteiger partial charge in [-0.25, -0.2) is 0 Å². The molecule has 0 heterocycles. The maximum absolute atomic E-state index is 12.4. The van der Waals surface area contributed by atoms with Crippen molar-refractivity contribution in [3.8, 4) is 0 Å². The molecule has 1 aromatic carbocycles. The molecule has 0 aromatic heterocycles. The van der Waals surface area contributed by atoms with Crippen molar-refractivity contribution in [2.75, 3.05) is 18.4 Å². The van der Waals surface area contributed by atoms with Crippen molar-refractivity contribution in [1.29, 1.82) is 0 Å². The Hall–Kier alpha value is -4.54. The van der Waals surface area contributed by atoms with Crippen LogP contribution in [0, 0.1) is 20.2 Å². The highest BCUT2D eigenvalue weighted by Gasteiger charge is 2.25. The lowest BCUT2D eigenvalue weighted by Crippen LogP contribution is -2.55. The molecule has 0 aliphatic rings. The second-order valence-electron chi connectivity index (χ2n) is 7.35. The summed E-state index contributed by atoms with van der Waals surface area (Å²) in [5, 5.41) is 29.4. The largest absolute Gasteiger partial charge is 0.377 e. The van der Waals surface area contributed by atoms with Gasteiger partial charge >= 0.3 is 0 Å². The van der Waals surface area contributed by atoms with Gasteiger partial charge < -0.3 is 38.9 Å². The van der Waals surface area contributed by atoms with E-state index < -0.39 is 57.1 Å². The van der Waals surface area contributed by atoms with Gasteiger partial charge in [-0.05, 0) is 25.8 Å². The Kier molecular flexibility index (Phi) is 10.8. The molecule has 17 nitrogen and oxygen atoms in total. The zero-order chi connectivity index (χ0) is 26.7. The number of rotatable bonds is 14. The number of hydrogen-bond donors (Lipinski definition) is 7. The number of aliphatic imine (C=N–C) groups is 1. The predicted octanol–water partition coefficient (Wildman–Crippen LogP) is -2.23. The minimum absolute atomic E-state index is 0.0836. The van der Waals surface area contributed by atoms with Crippen LogP contribution in [0.2, 0.25) is 0 Å². The van der Waals surface area contributed by atoms with E-state index in [1.165, 1.54) is 6.92 Å². The number of carbonyl (C=O) groups excluding carboxylic acids is 3. The minimum Gasteiger partial charge on any atom is -0.377 e. The number of carbonyl (C=O) groups is 3. The molecule has 1 aromatic rings. The van der Waals surface area contributed by atoms with Gasteiger partial charge in [-0.2, -0.15) is 0 Å². The number of primary amides is 1. The highest BCUT2D eigenvalue weighted by atomic mass is 16.6. The standard InChI is InChI=1S/C18H28N10O7/c1-9(16(30)26-13(15(20)29)3-2-6-23-18(21)22)25-17(31)11(19)8-24-12-5-4-10(27(32)33)7-14(12)28(34)35/h4-5,7,9,11,13,24H,2-3,6,8,19H2,1H3,(H2,20,29)(H,25,31)(H,26,30)(H4,21,22,23)/t9-,11-,13-/m0/s1. The number of nitro groups is 2. The molecule has 0 unspecified atom stereocenters. The Balaban J connectivity index is 2.66. The molecule has 0 aliphatic heterocycles. The third-order valence-corrected chi connectivity index (χ3v) is 4.60. The van der Waals surface area contributed by atoms with E-state index in [0.29, 0.717) is 6.42 Å². The second kappa shape index (κ2) is 13.2. The molecule has 1 rings (SSSR count). The van der Waals surface area contributed by atoms with Crippen LogP contribution in [-0.2, 0) is 14.4 Å². The van der Waals surface area contributed by atoms with E-state index >= 15 is 0 Å². The molecular formula is C18H28N10O7. The van der Waals surface area contributed by atoms with E-state index in [4.69, 9.17) is 22.9 Å². The number of nitrogens with two attached hydrogens (primary N) is 4. The molecule has 0 saturated carbocycles. The van der Waals surface area contributed by atoms with Gasteiger partial charge in [0, 0.05) is 19.2 Å². The smallest absolute Gasteiger partial charge is 0.299 e. The first-order chi connectivity index (χ1) is 16.3. The summed E-state index contributed by atoms with van der Waals surface area (Å²) in [5.74, 6) is -2.37. The van der Waals surface area contributed by atoms with Crippen LogP contribution in [0.5, 0.6) is 0 Å². The number of guanidine groups is 1. The lowest BCUT2D eigenvalue weighted by molar-refractivity contribution is -0.393. The van der Waals surface area contributed by atoms with Crippen LogP contribution in [0.3, 0.4) is 0 Å². The van der Waals surface area contributed by atoms with Crippen molar-refractivity contribution in [1.82, 2.24) is 10.6 Å². The first kappa shape index (κ1) is 28.5. The number of benzene rings is 1. The molecular weight excluding hydrogens is 468 g/mol. The maximum Gasteiger partial charge on any atom is 0.299 e. The zero-order valence-corrected chi connectivity index (χ0v) is 18.8. The summed E-state index contributed by atoms with van der Waals surface area (Å²) < 4.78 is 0. The van der Waals surface area contributed by atoms with E-state index in [1.807, 2.05) is 0 Å². The van der Waals surface area contributed by atoms with Crippen LogP contribution in [0.1, 0.15) is 19.8 Å². The number of anilines is 1. The van der Waals surface area contributed by atoms with Crippen molar-refractivity contribution in [3.05, 3.63) is 38.4 Å². The Morgan fingerprint density at radius 3 is 2.26 bits per heavy atom. The van der Waals surface area contributed by atoms with E-state index in [9.17, 15) is 34.6 Å². The van der Waals surface area contributed by atoms with Gasteiger partial charge in [-0.1, -0.05) is 0 Å². The fourth-order valence-corrected chi connectivity index (χ4v) is 2.72. The van der Waals surface area contributed by atoms with Crippen molar-refractivity contribution >= 4 is 40.7 Å². The van der Waals surface area contributed by atoms with E-state index in [0.717, 1.165) is 18.2 Å². The summed E-state index contributed by atoms with van der Waals surface area (Å²) >= 11 is 0. The van der Waals surface area contributed by atoms with Crippen molar-refractivity contribution in [3.63, 3.8) is 0 Å². The topological polar surface area (TPSA) is 290 Å². The van der Waals surface area contributed by atoms with Crippen LogP contribution in [-0.4, -0.2) is 64.7 Å². The van der Waals surface area contributed by atoms with Gasteiger partial charge in [0.05, 0.1) is 15.9 Å². The number of non-ortho nitro benzene ring substituents is 1. The summed E-state index contributed by atoms with van der Waals surface area (Å²) in [6, 6.07) is -0.414. The zero-order valence-electron chi connectivity index (χ0n) is 18.8. The van der Waals surface area contributed by atoms with Crippen LogP contribution >= 0.6 is 0 Å². The average Bonchev–Trinajstić information content (AvgIpc) is 2.78. The lowest BCUT2D eigenvalue weighted by atomic mass is 10.1. The third kappa shape index (κ3) is 9.46. The quantitative estimate of drug-likeness (QED) is 0.0475. The SMILES string of the molecule is C[C@H](NC(=O)[C@@H](N)CNc1ccc([N+](=O)[O-])cc1[N+](=O)[O-])C(=O)N[C@@H](CCCN=C(N)N)C(N)=O. The number of nitrogens with one attached hydrogen (secondary N) is 3. The van der Waals surface area contributed by atoms with Crippen LogP contribution < -0.4 is 38.9 Å². The fourth-order valence-electron chi connectivity index (χ4n) is 2.72. The van der Waals surface area contributed by atoms with Crippen molar-refractivity contribution < 1.29 is 24.2 Å². The van der Waals surface area contributed by atoms with Crippen molar-refractivity contribution in [2.45, 2.75) is 37.9 Å². The Labute approximate surface area is 199 Å². The Morgan fingerprint density at radius 2 is 1.71 bits per heavy atom. The van der Waals surface area contributed by atoms with Gasteiger partial charge in [0.25, 0.3) is 11.4 Å². The molecule has 3 amide bonds. The Bertz CT molecular complexity index is 996. The molecule has 11 N–H and O–H groups in total. The van der Waals surface area contributed by atoms with Gasteiger partial charge in [-0.3, -0.25) is 39.6 Å². The van der Waals surface area contributed by atoms with Crippen LogP contribution in [0.25, 0.3) is 0 Å². The molecule has 0 aliphatic carbocycles. The minimum atomic E-state index is -1.24. The number of nitro benzene ring substituents is 2. The molecule has 0 saturated heterocycles. The molecule has 3 atom stereocenters. The molecule has 0 fully saturated rings.